The van der Waals surface area contributed by atoms with Crippen molar-refractivity contribution in [2.24, 2.45) is 12.1 Å². The zero-order valence-corrected chi connectivity index (χ0v) is 11.2. The van der Waals surface area contributed by atoms with Crippen molar-refractivity contribution >= 4 is 22.7 Å². The highest BCUT2D eigenvalue weighted by molar-refractivity contribution is 6.01. The second kappa shape index (κ2) is 4.23. The molecule has 1 aliphatic heterocycles. The minimum atomic E-state index is 0.767. The normalized spacial score (nSPS) is 15.9. The molecule has 2 aromatic heterocycles. The van der Waals surface area contributed by atoms with Crippen molar-refractivity contribution in [3.63, 3.8) is 0 Å². The summed E-state index contributed by atoms with van der Waals surface area (Å²) in [6.45, 7) is 1.01. The molecule has 0 unspecified atom stereocenters. The second-order valence-corrected chi connectivity index (χ2v) is 4.99. The van der Waals surface area contributed by atoms with Crippen LogP contribution in [-0.2, 0) is 13.6 Å². The molecule has 1 aromatic carbocycles. The van der Waals surface area contributed by atoms with Crippen molar-refractivity contribution in [3.05, 3.63) is 48.3 Å². The molecule has 0 saturated carbocycles. The smallest absolute Gasteiger partial charge is 0.224 e. The van der Waals surface area contributed by atoms with Crippen LogP contribution in [0.1, 0.15) is 12.1 Å². The number of hydrazone groups is 1. The lowest BCUT2D eigenvalue weighted by atomic mass is 10.2. The van der Waals surface area contributed by atoms with Gasteiger partial charge in [-0.1, -0.05) is 12.1 Å². The summed E-state index contributed by atoms with van der Waals surface area (Å²) in [5.41, 5.74) is 7.46. The maximum absolute atomic E-state index is 4.55. The van der Waals surface area contributed by atoms with Crippen LogP contribution in [0.5, 0.6) is 0 Å². The van der Waals surface area contributed by atoms with E-state index in [4.69, 9.17) is 0 Å². The van der Waals surface area contributed by atoms with Gasteiger partial charge in [0.05, 0.1) is 22.4 Å². The molecule has 0 fully saturated rings. The molecule has 5 nitrogen and oxygen atoms in total. The molecule has 0 amide bonds. The number of anilines is 1. The van der Waals surface area contributed by atoms with E-state index < -0.39 is 0 Å². The highest BCUT2D eigenvalue weighted by Crippen LogP contribution is 2.19. The van der Waals surface area contributed by atoms with Gasteiger partial charge in [-0.25, -0.2) is 10.4 Å². The zero-order chi connectivity index (χ0) is 13.5. The highest BCUT2D eigenvalue weighted by Gasteiger charge is 2.16. The second-order valence-electron chi connectivity index (χ2n) is 4.99. The van der Waals surface area contributed by atoms with Crippen LogP contribution < -0.4 is 5.43 Å². The lowest BCUT2D eigenvalue weighted by Crippen LogP contribution is -2.03. The molecular formula is C15H15N5. The average molecular weight is 265 g/mol. The fourth-order valence-corrected chi connectivity index (χ4v) is 2.70. The topological polar surface area (TPSA) is 47.1 Å². The Bertz CT molecular complexity index is 809. The van der Waals surface area contributed by atoms with Gasteiger partial charge in [0.2, 0.25) is 5.95 Å². The molecular weight excluding hydrogens is 250 g/mol. The Morgan fingerprint density at radius 1 is 1.20 bits per heavy atom. The number of nitrogens with zero attached hydrogens (tertiary/aromatic N) is 4. The standard InChI is InChI=1S/C15H15N5/c1-19-13-6-3-2-5-11(13)16-15(19)18-17-12-8-10-20-9-4-7-14(12)20/h2-7,9H,8,10H2,1H3,(H,16,18). The maximum atomic E-state index is 4.55. The number of para-hydroxylation sites is 2. The molecule has 4 rings (SSSR count). The summed E-state index contributed by atoms with van der Waals surface area (Å²) < 4.78 is 4.24. The fourth-order valence-electron chi connectivity index (χ4n) is 2.70. The number of imidazole rings is 1. The van der Waals surface area contributed by atoms with Gasteiger partial charge in [-0.05, 0) is 24.3 Å². The first-order chi connectivity index (χ1) is 9.83. The van der Waals surface area contributed by atoms with E-state index in [0.29, 0.717) is 0 Å². The van der Waals surface area contributed by atoms with Crippen LogP contribution in [0.4, 0.5) is 5.95 Å². The van der Waals surface area contributed by atoms with Crippen molar-refractivity contribution in [2.75, 3.05) is 5.43 Å². The Kier molecular flexibility index (Phi) is 2.39. The summed E-state index contributed by atoms with van der Waals surface area (Å²) in [5.74, 6) is 0.767. The van der Waals surface area contributed by atoms with E-state index in [1.807, 2.05) is 29.8 Å². The fraction of sp³-hybridized carbons (Fsp3) is 0.200. The number of nitrogens with one attached hydrogen (secondary N) is 1. The van der Waals surface area contributed by atoms with Crippen LogP contribution in [0.15, 0.2) is 47.7 Å². The van der Waals surface area contributed by atoms with Crippen molar-refractivity contribution in [2.45, 2.75) is 13.0 Å². The number of rotatable bonds is 2. The third-order valence-corrected chi connectivity index (χ3v) is 3.79. The molecule has 0 bridgehead atoms. The van der Waals surface area contributed by atoms with E-state index in [2.05, 4.69) is 44.5 Å². The molecule has 0 saturated heterocycles. The molecule has 0 spiro atoms. The molecule has 20 heavy (non-hydrogen) atoms. The van der Waals surface area contributed by atoms with Gasteiger partial charge in [-0.3, -0.25) is 0 Å². The van der Waals surface area contributed by atoms with Crippen LogP contribution in [0.2, 0.25) is 0 Å². The Balaban J connectivity index is 1.68. The summed E-state index contributed by atoms with van der Waals surface area (Å²) in [5, 5.41) is 4.53. The predicted molar refractivity (Wildman–Crippen MR) is 79.9 cm³/mol. The van der Waals surface area contributed by atoms with Crippen LogP contribution in [0.3, 0.4) is 0 Å². The van der Waals surface area contributed by atoms with Gasteiger partial charge in [0, 0.05) is 26.2 Å². The Labute approximate surface area is 116 Å². The van der Waals surface area contributed by atoms with Gasteiger partial charge in [0.25, 0.3) is 0 Å². The van der Waals surface area contributed by atoms with Crippen molar-refractivity contribution < 1.29 is 0 Å². The van der Waals surface area contributed by atoms with Gasteiger partial charge >= 0.3 is 0 Å². The minimum absolute atomic E-state index is 0.767. The van der Waals surface area contributed by atoms with E-state index >= 15 is 0 Å². The largest absolute Gasteiger partial charge is 0.346 e. The van der Waals surface area contributed by atoms with Gasteiger partial charge < -0.3 is 9.13 Å². The molecule has 0 aliphatic carbocycles. The monoisotopic (exact) mass is 265 g/mol. The third kappa shape index (κ3) is 1.63. The molecule has 1 N–H and O–H groups in total. The molecule has 0 atom stereocenters. The van der Waals surface area contributed by atoms with E-state index in [-0.39, 0.29) is 0 Å². The molecule has 5 heteroatoms. The van der Waals surface area contributed by atoms with E-state index in [9.17, 15) is 0 Å². The molecule has 3 heterocycles. The van der Waals surface area contributed by atoms with Crippen LogP contribution in [-0.4, -0.2) is 19.8 Å². The van der Waals surface area contributed by atoms with E-state index in [0.717, 1.165) is 35.7 Å². The molecule has 3 aromatic rings. The third-order valence-electron chi connectivity index (χ3n) is 3.79. The number of hydrogen-bond donors (Lipinski definition) is 1. The zero-order valence-electron chi connectivity index (χ0n) is 11.2. The van der Waals surface area contributed by atoms with Gasteiger partial charge in [0.1, 0.15) is 0 Å². The number of benzene rings is 1. The SMILES string of the molecule is Cn1c(NN=C2CCn3cccc32)nc2ccccc21. The Morgan fingerprint density at radius 3 is 3.00 bits per heavy atom. The minimum Gasteiger partial charge on any atom is -0.346 e. The Hall–Kier alpha value is -2.56. The first kappa shape index (κ1) is 11.3. The summed E-state index contributed by atoms with van der Waals surface area (Å²) in [6, 6.07) is 12.2. The lowest BCUT2D eigenvalue weighted by Gasteiger charge is -2.02. The summed E-state index contributed by atoms with van der Waals surface area (Å²) in [7, 11) is 2.00. The summed E-state index contributed by atoms with van der Waals surface area (Å²) >= 11 is 0. The Morgan fingerprint density at radius 2 is 2.10 bits per heavy atom. The quantitative estimate of drug-likeness (QED) is 0.724. The number of fused-ring (bicyclic) bond motifs is 2. The first-order valence-corrected chi connectivity index (χ1v) is 6.72. The van der Waals surface area contributed by atoms with Gasteiger partial charge in [0.15, 0.2) is 0 Å². The van der Waals surface area contributed by atoms with Crippen LogP contribution in [0.25, 0.3) is 11.0 Å². The molecule has 100 valence electrons. The number of aryl methyl sites for hydroxylation is 2. The van der Waals surface area contributed by atoms with Gasteiger partial charge in [-0.2, -0.15) is 5.10 Å². The highest BCUT2D eigenvalue weighted by atomic mass is 15.4. The average Bonchev–Trinajstić information content (AvgIpc) is 3.13. The van der Waals surface area contributed by atoms with Crippen molar-refractivity contribution in [1.82, 2.24) is 14.1 Å². The number of aromatic nitrogens is 3. The lowest BCUT2D eigenvalue weighted by molar-refractivity contribution is 0.771. The number of hydrogen-bond acceptors (Lipinski definition) is 3. The van der Waals surface area contributed by atoms with Crippen molar-refractivity contribution in [1.29, 1.82) is 0 Å². The first-order valence-electron chi connectivity index (χ1n) is 6.72. The predicted octanol–water partition coefficient (Wildman–Crippen LogP) is 2.59. The van der Waals surface area contributed by atoms with Crippen molar-refractivity contribution in [3.8, 4) is 0 Å². The van der Waals surface area contributed by atoms with Gasteiger partial charge in [-0.15, -0.1) is 0 Å². The molecule has 1 aliphatic rings. The summed E-state index contributed by atoms with van der Waals surface area (Å²) in [6.07, 6.45) is 3.06. The molecule has 0 radical (unpaired) electrons. The summed E-state index contributed by atoms with van der Waals surface area (Å²) in [4.78, 5) is 4.55. The maximum Gasteiger partial charge on any atom is 0.224 e. The van der Waals surface area contributed by atoms with Crippen LogP contribution >= 0.6 is 0 Å². The van der Waals surface area contributed by atoms with E-state index in [1.165, 1.54) is 5.69 Å². The van der Waals surface area contributed by atoms with E-state index in [1.54, 1.807) is 0 Å². The van der Waals surface area contributed by atoms with Crippen LogP contribution in [0, 0.1) is 0 Å².